The molecular formula is C20H20FN3O2S2. The number of nitrogens with zero attached hydrogens (tertiary/aromatic N) is 1. The second-order valence-corrected chi connectivity index (χ2v) is 9.17. The molecule has 8 heteroatoms. The van der Waals surface area contributed by atoms with E-state index in [4.69, 9.17) is 0 Å². The number of nitrogens with one attached hydrogen (secondary N) is 2. The van der Waals surface area contributed by atoms with Crippen molar-refractivity contribution >= 4 is 44.9 Å². The van der Waals surface area contributed by atoms with E-state index in [0.29, 0.717) is 23.2 Å². The van der Waals surface area contributed by atoms with Crippen molar-refractivity contribution in [1.82, 2.24) is 9.97 Å². The molecule has 1 amide bonds. The quantitative estimate of drug-likeness (QED) is 0.655. The van der Waals surface area contributed by atoms with E-state index in [9.17, 15) is 14.0 Å². The van der Waals surface area contributed by atoms with Crippen molar-refractivity contribution in [3.63, 3.8) is 0 Å². The van der Waals surface area contributed by atoms with Crippen LogP contribution in [0.1, 0.15) is 29.6 Å². The number of benzene rings is 1. The zero-order chi connectivity index (χ0) is 19.7. The summed E-state index contributed by atoms with van der Waals surface area (Å²) >= 11 is 2.98. The standard InChI is InChI=1S/C20H20FN3O2S2/c1-11-5-6-14-15(7-11)28-20-18(14)19(26)23-16(24-20)9-27-10-17(25)22-13-4-2-3-12(21)8-13/h2-4,8,11H,5-7,9-10H2,1H3,(H,22,25)(H,23,24,26)/t11-/m0/s1. The first-order valence-corrected chi connectivity index (χ1v) is 11.1. The number of carbonyl (C=O) groups excluding carboxylic acids is 1. The number of thioether (sulfide) groups is 1. The van der Waals surface area contributed by atoms with Crippen molar-refractivity contribution < 1.29 is 9.18 Å². The van der Waals surface area contributed by atoms with Crippen LogP contribution in [-0.2, 0) is 23.4 Å². The van der Waals surface area contributed by atoms with Crippen molar-refractivity contribution in [2.45, 2.75) is 31.9 Å². The number of halogens is 1. The van der Waals surface area contributed by atoms with Crippen molar-refractivity contribution in [2.24, 2.45) is 5.92 Å². The van der Waals surface area contributed by atoms with Crippen LogP contribution in [0.15, 0.2) is 29.1 Å². The fourth-order valence-electron chi connectivity index (χ4n) is 3.47. The Morgan fingerprint density at radius 2 is 2.32 bits per heavy atom. The number of aromatic amines is 1. The number of hydrogen-bond acceptors (Lipinski definition) is 5. The minimum Gasteiger partial charge on any atom is -0.325 e. The third-order valence-electron chi connectivity index (χ3n) is 4.79. The molecule has 1 aliphatic rings. The second-order valence-electron chi connectivity index (χ2n) is 7.10. The van der Waals surface area contributed by atoms with E-state index in [1.54, 1.807) is 23.5 Å². The lowest BCUT2D eigenvalue weighted by molar-refractivity contribution is -0.113. The molecule has 4 rings (SSSR count). The fraction of sp³-hybridized carbons (Fsp3) is 0.350. The Bertz CT molecular complexity index is 1090. The maximum Gasteiger partial charge on any atom is 0.259 e. The van der Waals surface area contributed by atoms with Crippen molar-refractivity contribution in [3.8, 4) is 0 Å². The van der Waals surface area contributed by atoms with Crippen molar-refractivity contribution in [2.75, 3.05) is 11.1 Å². The minimum atomic E-state index is -0.395. The van der Waals surface area contributed by atoms with Gasteiger partial charge in [-0.3, -0.25) is 9.59 Å². The number of aromatic nitrogens is 2. The Kier molecular flexibility index (Phi) is 5.50. The van der Waals surface area contributed by atoms with Crippen molar-refractivity contribution in [3.05, 3.63) is 56.7 Å². The van der Waals surface area contributed by atoms with Crippen LogP contribution in [-0.4, -0.2) is 21.6 Å². The number of thiophene rings is 1. The highest BCUT2D eigenvalue weighted by Gasteiger charge is 2.23. The highest BCUT2D eigenvalue weighted by molar-refractivity contribution is 7.99. The Balaban J connectivity index is 1.41. The van der Waals surface area contributed by atoms with Gasteiger partial charge in [0, 0.05) is 10.6 Å². The van der Waals surface area contributed by atoms with E-state index >= 15 is 0 Å². The van der Waals surface area contributed by atoms with Gasteiger partial charge in [0.2, 0.25) is 5.91 Å². The molecule has 0 saturated carbocycles. The maximum atomic E-state index is 13.2. The highest BCUT2D eigenvalue weighted by Crippen LogP contribution is 2.35. The van der Waals surface area contributed by atoms with E-state index in [0.717, 1.165) is 29.5 Å². The summed E-state index contributed by atoms with van der Waals surface area (Å²) in [6, 6.07) is 5.78. The molecule has 146 valence electrons. The topological polar surface area (TPSA) is 74.8 Å². The molecule has 1 aromatic carbocycles. The zero-order valence-corrected chi connectivity index (χ0v) is 17.0. The van der Waals surface area contributed by atoms with Crippen LogP contribution in [0.5, 0.6) is 0 Å². The summed E-state index contributed by atoms with van der Waals surface area (Å²) in [5.41, 5.74) is 1.51. The molecular weight excluding hydrogens is 397 g/mol. The Morgan fingerprint density at radius 1 is 1.46 bits per heavy atom. The molecule has 2 N–H and O–H groups in total. The van der Waals surface area contributed by atoms with E-state index in [1.807, 2.05) is 0 Å². The summed E-state index contributed by atoms with van der Waals surface area (Å²) in [7, 11) is 0. The summed E-state index contributed by atoms with van der Waals surface area (Å²) in [5, 5.41) is 3.40. The summed E-state index contributed by atoms with van der Waals surface area (Å²) in [6.45, 7) is 2.24. The monoisotopic (exact) mass is 417 g/mol. The number of H-pyrrole nitrogens is 1. The van der Waals surface area contributed by atoms with Gasteiger partial charge in [-0.05, 0) is 48.9 Å². The predicted octanol–water partition coefficient (Wildman–Crippen LogP) is 4.12. The molecule has 3 aromatic rings. The molecule has 0 bridgehead atoms. The van der Waals surface area contributed by atoms with E-state index in [1.165, 1.54) is 34.3 Å². The van der Waals surface area contributed by atoms with E-state index < -0.39 is 5.82 Å². The molecule has 1 aliphatic carbocycles. The first-order valence-electron chi connectivity index (χ1n) is 9.16. The highest BCUT2D eigenvalue weighted by atomic mass is 32.2. The third kappa shape index (κ3) is 4.12. The Hall–Kier alpha value is -2.19. The SMILES string of the molecule is C[C@H]1CCc2c(sc3nc(CSCC(=O)Nc4cccc(F)c4)[nH]c(=O)c23)C1. The first kappa shape index (κ1) is 19.1. The summed E-state index contributed by atoms with van der Waals surface area (Å²) in [5.74, 6) is 1.23. The number of hydrogen-bond donors (Lipinski definition) is 2. The van der Waals surface area contributed by atoms with Gasteiger partial charge < -0.3 is 10.3 Å². The van der Waals surface area contributed by atoms with Crippen LogP contribution in [0.2, 0.25) is 0 Å². The molecule has 5 nitrogen and oxygen atoms in total. The minimum absolute atomic E-state index is 0.0862. The molecule has 0 unspecified atom stereocenters. The second kappa shape index (κ2) is 8.05. The lowest BCUT2D eigenvalue weighted by atomic mass is 9.89. The molecule has 0 aliphatic heterocycles. The molecule has 0 fully saturated rings. The number of fused-ring (bicyclic) bond motifs is 3. The van der Waals surface area contributed by atoms with Crippen LogP contribution in [0.4, 0.5) is 10.1 Å². The van der Waals surface area contributed by atoms with Crippen LogP contribution >= 0.6 is 23.1 Å². The van der Waals surface area contributed by atoms with Gasteiger partial charge in [0.05, 0.1) is 16.9 Å². The van der Waals surface area contributed by atoms with Gasteiger partial charge in [-0.2, -0.15) is 0 Å². The number of aryl methyl sites for hydroxylation is 1. The van der Waals surface area contributed by atoms with Gasteiger partial charge in [-0.25, -0.2) is 9.37 Å². The fourth-order valence-corrected chi connectivity index (χ4v) is 5.56. The number of carbonyl (C=O) groups is 1. The van der Waals surface area contributed by atoms with Gasteiger partial charge in [0.15, 0.2) is 0 Å². The third-order valence-corrected chi connectivity index (χ3v) is 6.89. The summed E-state index contributed by atoms with van der Waals surface area (Å²) < 4.78 is 13.2. The molecule has 0 saturated heterocycles. The number of amides is 1. The smallest absolute Gasteiger partial charge is 0.259 e. The molecule has 28 heavy (non-hydrogen) atoms. The number of anilines is 1. The number of rotatable bonds is 5. The first-order chi connectivity index (χ1) is 13.5. The van der Waals surface area contributed by atoms with Gasteiger partial charge in [-0.15, -0.1) is 23.1 Å². The van der Waals surface area contributed by atoms with Crippen LogP contribution in [0.25, 0.3) is 10.2 Å². The average molecular weight is 418 g/mol. The Labute approximate surface area is 169 Å². The lowest BCUT2D eigenvalue weighted by Crippen LogP contribution is -2.16. The molecule has 0 spiro atoms. The molecule has 2 aromatic heterocycles. The lowest BCUT2D eigenvalue weighted by Gasteiger charge is -2.17. The van der Waals surface area contributed by atoms with Gasteiger partial charge in [0.25, 0.3) is 5.56 Å². The molecule has 0 radical (unpaired) electrons. The predicted molar refractivity (Wildman–Crippen MR) is 113 cm³/mol. The van der Waals surface area contributed by atoms with Gasteiger partial charge >= 0.3 is 0 Å². The maximum absolute atomic E-state index is 13.2. The van der Waals surface area contributed by atoms with Gasteiger partial charge in [-0.1, -0.05) is 13.0 Å². The van der Waals surface area contributed by atoms with Crippen LogP contribution < -0.4 is 10.9 Å². The normalized spacial score (nSPS) is 16.1. The van der Waals surface area contributed by atoms with E-state index in [-0.39, 0.29) is 17.2 Å². The zero-order valence-electron chi connectivity index (χ0n) is 15.4. The van der Waals surface area contributed by atoms with Crippen LogP contribution in [0, 0.1) is 11.7 Å². The summed E-state index contributed by atoms with van der Waals surface area (Å²) in [4.78, 5) is 34.1. The van der Waals surface area contributed by atoms with Crippen molar-refractivity contribution in [1.29, 1.82) is 0 Å². The van der Waals surface area contributed by atoms with E-state index in [2.05, 4.69) is 22.2 Å². The average Bonchev–Trinajstić information content (AvgIpc) is 2.99. The molecule has 1 atom stereocenters. The van der Waals surface area contributed by atoms with Gasteiger partial charge in [0.1, 0.15) is 16.5 Å². The Morgan fingerprint density at radius 3 is 3.14 bits per heavy atom. The molecule has 2 heterocycles. The van der Waals surface area contributed by atoms with Crippen LogP contribution in [0.3, 0.4) is 0 Å². The largest absolute Gasteiger partial charge is 0.325 e. The summed E-state index contributed by atoms with van der Waals surface area (Å²) in [6.07, 6.45) is 3.06.